The minimum absolute atomic E-state index is 0.0495. The van der Waals surface area contributed by atoms with E-state index in [0.29, 0.717) is 5.69 Å². The third-order valence-electron chi connectivity index (χ3n) is 2.64. The van der Waals surface area contributed by atoms with E-state index < -0.39 is 0 Å². The molecular weight excluding hydrogens is 246 g/mol. The number of ketones is 1. The Labute approximate surface area is 107 Å². The van der Waals surface area contributed by atoms with Gasteiger partial charge in [-0.3, -0.25) is 9.78 Å². The smallest absolute Gasteiger partial charge is 0.189 e. The molecule has 0 radical (unpaired) electrons. The van der Waals surface area contributed by atoms with Crippen molar-refractivity contribution in [1.82, 2.24) is 14.6 Å². The van der Waals surface area contributed by atoms with Gasteiger partial charge in [0.2, 0.25) is 0 Å². The zero-order chi connectivity index (χ0) is 12.4. The van der Waals surface area contributed by atoms with Crippen LogP contribution in [-0.4, -0.2) is 20.4 Å². The Kier molecular flexibility index (Phi) is 2.82. The quantitative estimate of drug-likeness (QED) is 0.675. The molecule has 5 heteroatoms. The second-order valence-corrected chi connectivity index (χ2v) is 4.50. The molecule has 0 amide bonds. The summed E-state index contributed by atoms with van der Waals surface area (Å²) in [6.45, 7) is 0. The van der Waals surface area contributed by atoms with E-state index >= 15 is 0 Å². The molecule has 1 aromatic carbocycles. The van der Waals surface area contributed by atoms with Crippen LogP contribution in [0.1, 0.15) is 16.2 Å². The van der Waals surface area contributed by atoms with Crippen LogP contribution in [0, 0.1) is 0 Å². The Morgan fingerprint density at radius 1 is 1.17 bits per heavy atom. The Balaban J connectivity index is 1.89. The van der Waals surface area contributed by atoms with Gasteiger partial charge in [-0.1, -0.05) is 28.8 Å². The largest absolute Gasteiger partial charge is 0.292 e. The SMILES string of the molecule is O=C(Cc1ccc2ccccc2n1)c1csnn1. The maximum absolute atomic E-state index is 11.9. The molecule has 0 spiro atoms. The fourth-order valence-electron chi connectivity index (χ4n) is 1.75. The molecule has 0 saturated carbocycles. The maximum Gasteiger partial charge on any atom is 0.189 e. The molecule has 0 aliphatic rings. The standard InChI is InChI=1S/C13H9N3OS/c17-13(12-8-18-16-15-12)7-10-6-5-9-3-1-2-4-11(9)14-10/h1-6,8H,7H2. The highest BCUT2D eigenvalue weighted by molar-refractivity contribution is 7.03. The molecule has 18 heavy (non-hydrogen) atoms. The van der Waals surface area contributed by atoms with Gasteiger partial charge in [0.15, 0.2) is 5.78 Å². The third kappa shape index (κ3) is 2.12. The van der Waals surface area contributed by atoms with Crippen LogP contribution in [0.5, 0.6) is 0 Å². The van der Waals surface area contributed by atoms with Gasteiger partial charge in [-0.25, -0.2) is 0 Å². The van der Waals surface area contributed by atoms with Crippen molar-refractivity contribution in [3.05, 3.63) is 53.2 Å². The van der Waals surface area contributed by atoms with E-state index in [9.17, 15) is 4.79 Å². The van der Waals surface area contributed by atoms with Gasteiger partial charge in [0.1, 0.15) is 5.69 Å². The highest BCUT2D eigenvalue weighted by Gasteiger charge is 2.10. The molecule has 2 heterocycles. The Bertz CT molecular complexity index is 694. The molecular formula is C13H9N3OS. The predicted molar refractivity (Wildman–Crippen MR) is 69.7 cm³/mol. The van der Waals surface area contributed by atoms with Gasteiger partial charge in [-0.2, -0.15) is 0 Å². The highest BCUT2D eigenvalue weighted by atomic mass is 32.1. The maximum atomic E-state index is 11.9. The van der Waals surface area contributed by atoms with Crippen molar-refractivity contribution in [2.24, 2.45) is 0 Å². The summed E-state index contributed by atoms with van der Waals surface area (Å²) in [7, 11) is 0. The summed E-state index contributed by atoms with van der Waals surface area (Å²) in [5.41, 5.74) is 2.07. The van der Waals surface area contributed by atoms with Crippen molar-refractivity contribution in [2.45, 2.75) is 6.42 Å². The van der Waals surface area contributed by atoms with E-state index in [1.807, 2.05) is 36.4 Å². The highest BCUT2D eigenvalue weighted by Crippen LogP contribution is 2.13. The minimum Gasteiger partial charge on any atom is -0.292 e. The Morgan fingerprint density at radius 3 is 2.89 bits per heavy atom. The fourth-order valence-corrected chi connectivity index (χ4v) is 2.21. The van der Waals surface area contributed by atoms with E-state index in [4.69, 9.17) is 0 Å². The van der Waals surface area contributed by atoms with Gasteiger partial charge >= 0.3 is 0 Å². The van der Waals surface area contributed by atoms with Crippen molar-refractivity contribution in [3.63, 3.8) is 0 Å². The number of nitrogens with zero attached hydrogens (tertiary/aromatic N) is 3. The van der Waals surface area contributed by atoms with Gasteiger partial charge in [-0.15, -0.1) is 5.10 Å². The normalized spacial score (nSPS) is 10.7. The summed E-state index contributed by atoms with van der Waals surface area (Å²) in [5.74, 6) is -0.0495. The molecule has 0 saturated heterocycles. The zero-order valence-corrected chi connectivity index (χ0v) is 10.2. The Morgan fingerprint density at radius 2 is 2.06 bits per heavy atom. The molecule has 2 aromatic heterocycles. The van der Waals surface area contributed by atoms with Gasteiger partial charge < -0.3 is 0 Å². The number of pyridine rings is 1. The topological polar surface area (TPSA) is 55.7 Å². The zero-order valence-electron chi connectivity index (χ0n) is 9.41. The number of hydrogen-bond donors (Lipinski definition) is 0. The molecule has 0 bridgehead atoms. The van der Waals surface area contributed by atoms with Crippen molar-refractivity contribution in [3.8, 4) is 0 Å². The molecule has 0 aliphatic carbocycles. The van der Waals surface area contributed by atoms with Gasteiger partial charge in [-0.05, 0) is 23.7 Å². The molecule has 0 fully saturated rings. The lowest BCUT2D eigenvalue weighted by Crippen LogP contribution is -2.05. The first kappa shape index (κ1) is 11.0. The summed E-state index contributed by atoms with van der Waals surface area (Å²) in [6, 6.07) is 11.7. The van der Waals surface area contributed by atoms with Gasteiger partial charge in [0.05, 0.1) is 11.9 Å². The first-order valence-corrected chi connectivity index (χ1v) is 6.31. The lowest BCUT2D eigenvalue weighted by molar-refractivity contribution is 0.0987. The summed E-state index contributed by atoms with van der Waals surface area (Å²) in [5, 5.41) is 6.50. The minimum atomic E-state index is -0.0495. The van der Waals surface area contributed by atoms with Crippen molar-refractivity contribution < 1.29 is 4.79 Å². The summed E-state index contributed by atoms with van der Waals surface area (Å²) in [4.78, 5) is 16.3. The van der Waals surface area contributed by atoms with Crippen molar-refractivity contribution in [1.29, 1.82) is 0 Å². The lowest BCUT2D eigenvalue weighted by atomic mass is 10.1. The van der Waals surface area contributed by atoms with E-state index in [1.165, 1.54) is 11.5 Å². The number of Topliss-reactive ketones (excluding diaryl/α,β-unsaturated/α-hetero) is 1. The third-order valence-corrected chi connectivity index (χ3v) is 3.15. The fraction of sp³-hybridized carbons (Fsp3) is 0.0769. The monoisotopic (exact) mass is 255 g/mol. The second-order valence-electron chi connectivity index (χ2n) is 3.89. The summed E-state index contributed by atoms with van der Waals surface area (Å²) < 4.78 is 3.69. The first-order valence-electron chi connectivity index (χ1n) is 5.48. The number of hydrogen-bond acceptors (Lipinski definition) is 5. The summed E-state index contributed by atoms with van der Waals surface area (Å²) >= 11 is 1.18. The molecule has 3 rings (SSSR count). The number of fused-ring (bicyclic) bond motifs is 1. The Hall–Kier alpha value is -2.14. The van der Waals surface area contributed by atoms with Crippen LogP contribution < -0.4 is 0 Å². The predicted octanol–water partition coefficient (Wildman–Crippen LogP) is 2.51. The molecule has 88 valence electrons. The molecule has 0 unspecified atom stereocenters. The van der Waals surface area contributed by atoms with E-state index in [0.717, 1.165) is 16.6 Å². The van der Waals surface area contributed by atoms with Gasteiger partial charge in [0, 0.05) is 16.5 Å². The molecule has 3 aromatic rings. The number of carbonyl (C=O) groups is 1. The van der Waals surface area contributed by atoms with Crippen LogP contribution in [-0.2, 0) is 6.42 Å². The van der Waals surface area contributed by atoms with E-state index in [-0.39, 0.29) is 12.2 Å². The van der Waals surface area contributed by atoms with Crippen LogP contribution in [0.4, 0.5) is 0 Å². The molecule has 0 N–H and O–H groups in total. The van der Waals surface area contributed by atoms with Crippen LogP contribution in [0.2, 0.25) is 0 Å². The molecule has 0 atom stereocenters. The molecule has 4 nitrogen and oxygen atoms in total. The summed E-state index contributed by atoms with van der Waals surface area (Å²) in [6.07, 6.45) is 0.260. The number of aromatic nitrogens is 3. The average molecular weight is 255 g/mol. The van der Waals surface area contributed by atoms with E-state index in [2.05, 4.69) is 14.6 Å². The van der Waals surface area contributed by atoms with Crippen LogP contribution >= 0.6 is 11.5 Å². The van der Waals surface area contributed by atoms with Crippen LogP contribution in [0.15, 0.2) is 41.8 Å². The number of benzene rings is 1. The van der Waals surface area contributed by atoms with Crippen molar-refractivity contribution in [2.75, 3.05) is 0 Å². The number of para-hydroxylation sites is 1. The first-order chi connectivity index (χ1) is 8.83. The number of carbonyl (C=O) groups excluding carboxylic acids is 1. The van der Waals surface area contributed by atoms with E-state index in [1.54, 1.807) is 5.38 Å². The second kappa shape index (κ2) is 4.62. The lowest BCUT2D eigenvalue weighted by Gasteiger charge is -2.01. The van der Waals surface area contributed by atoms with Gasteiger partial charge in [0.25, 0.3) is 0 Å². The van der Waals surface area contributed by atoms with Crippen molar-refractivity contribution >= 4 is 28.2 Å². The number of rotatable bonds is 3. The molecule has 0 aliphatic heterocycles. The van der Waals surface area contributed by atoms with Crippen LogP contribution in [0.3, 0.4) is 0 Å². The average Bonchev–Trinajstić information content (AvgIpc) is 2.92. The van der Waals surface area contributed by atoms with Crippen LogP contribution in [0.25, 0.3) is 10.9 Å².